The van der Waals surface area contributed by atoms with Gasteiger partial charge in [-0.2, -0.15) is 0 Å². The highest BCUT2D eigenvalue weighted by Crippen LogP contribution is 2.30. The summed E-state index contributed by atoms with van der Waals surface area (Å²) in [5, 5.41) is 10.1. The molecule has 1 aromatic heterocycles. The molecule has 27 heavy (non-hydrogen) atoms. The van der Waals surface area contributed by atoms with Crippen LogP contribution in [0.5, 0.6) is 0 Å². The Hall–Kier alpha value is -2.79. The zero-order valence-electron chi connectivity index (χ0n) is 16.1. The summed E-state index contributed by atoms with van der Waals surface area (Å²) in [6, 6.07) is 11.5. The first-order chi connectivity index (χ1) is 13.0. The Bertz CT molecular complexity index is 1020. The molecule has 0 saturated carbocycles. The molecule has 0 aliphatic rings. The first-order valence-electron chi connectivity index (χ1n) is 9.32. The molecular weight excluding hydrogens is 340 g/mol. The third-order valence-corrected chi connectivity index (χ3v) is 5.09. The van der Waals surface area contributed by atoms with E-state index in [0.717, 1.165) is 40.9 Å². The fraction of sp³-hybridized carbons (Fsp3) is 0.318. The van der Waals surface area contributed by atoms with Crippen molar-refractivity contribution in [2.45, 2.75) is 27.2 Å². The van der Waals surface area contributed by atoms with Crippen molar-refractivity contribution in [3.05, 3.63) is 57.9 Å². The number of benzene rings is 2. The monoisotopic (exact) mass is 366 g/mol. The Labute approximate surface area is 159 Å². The maximum atomic E-state index is 12.8. The number of anilines is 2. The molecule has 0 fully saturated rings. The van der Waals surface area contributed by atoms with Gasteiger partial charge < -0.3 is 20.2 Å². The maximum Gasteiger partial charge on any atom is 0.344 e. The molecule has 0 saturated heterocycles. The maximum absolute atomic E-state index is 12.8. The van der Waals surface area contributed by atoms with E-state index < -0.39 is 0 Å². The predicted molar refractivity (Wildman–Crippen MR) is 111 cm³/mol. The van der Waals surface area contributed by atoms with E-state index in [1.165, 1.54) is 0 Å². The second-order valence-electron chi connectivity index (χ2n) is 6.63. The van der Waals surface area contributed by atoms with Gasteiger partial charge in [-0.25, -0.2) is 4.79 Å². The van der Waals surface area contributed by atoms with Gasteiger partial charge in [-0.3, -0.25) is 0 Å². The van der Waals surface area contributed by atoms with Crippen LogP contribution in [0.25, 0.3) is 22.1 Å². The summed E-state index contributed by atoms with van der Waals surface area (Å²) >= 11 is 0. The summed E-state index contributed by atoms with van der Waals surface area (Å²) in [4.78, 5) is 15.0. The van der Waals surface area contributed by atoms with E-state index in [9.17, 15) is 9.90 Å². The van der Waals surface area contributed by atoms with Gasteiger partial charge >= 0.3 is 5.63 Å². The van der Waals surface area contributed by atoms with Crippen LogP contribution in [0.3, 0.4) is 0 Å². The van der Waals surface area contributed by atoms with Gasteiger partial charge in [-0.15, -0.1) is 0 Å². The summed E-state index contributed by atoms with van der Waals surface area (Å²) in [5.41, 5.74) is 10.9. The molecule has 3 rings (SSSR count). The standard InChI is InChI=1S/C22H26N2O3/c1-4-24(5-2)17-7-8-18-14(3)21(22(26)27-20(18)13-17)16-6-9-19(23)15(12-16)10-11-25/h6-9,12-13,25H,4-5,10-11,23H2,1-3H3. The Morgan fingerprint density at radius 2 is 1.85 bits per heavy atom. The van der Waals surface area contributed by atoms with E-state index in [-0.39, 0.29) is 12.2 Å². The number of nitrogens with two attached hydrogens (primary N) is 1. The van der Waals surface area contributed by atoms with Gasteiger partial charge in [0.25, 0.3) is 0 Å². The smallest absolute Gasteiger partial charge is 0.344 e. The minimum absolute atomic E-state index is 0.00704. The van der Waals surface area contributed by atoms with Gasteiger partial charge in [0.2, 0.25) is 0 Å². The molecule has 2 aromatic carbocycles. The van der Waals surface area contributed by atoms with E-state index in [4.69, 9.17) is 10.2 Å². The van der Waals surface area contributed by atoms with Crippen LogP contribution in [0, 0.1) is 6.92 Å². The highest BCUT2D eigenvalue weighted by Gasteiger charge is 2.15. The van der Waals surface area contributed by atoms with Crippen molar-refractivity contribution >= 4 is 22.3 Å². The van der Waals surface area contributed by atoms with Crippen molar-refractivity contribution in [2.75, 3.05) is 30.3 Å². The SMILES string of the molecule is CCN(CC)c1ccc2c(C)c(-c3ccc(N)c(CCO)c3)c(=O)oc2c1. The van der Waals surface area contributed by atoms with Crippen LogP contribution in [-0.4, -0.2) is 24.8 Å². The highest BCUT2D eigenvalue weighted by molar-refractivity contribution is 5.89. The summed E-state index contributed by atoms with van der Waals surface area (Å²) in [6.45, 7) is 7.93. The number of fused-ring (bicyclic) bond motifs is 1. The molecule has 3 N–H and O–H groups in total. The number of nitrogen functional groups attached to an aromatic ring is 1. The molecule has 5 nitrogen and oxygen atoms in total. The average molecular weight is 366 g/mol. The molecule has 0 aliphatic carbocycles. The number of hydrogen-bond donors (Lipinski definition) is 2. The highest BCUT2D eigenvalue weighted by atomic mass is 16.4. The molecule has 3 aromatic rings. The van der Waals surface area contributed by atoms with Crippen LogP contribution in [0.1, 0.15) is 25.0 Å². The normalized spacial score (nSPS) is 11.1. The summed E-state index contributed by atoms with van der Waals surface area (Å²) < 4.78 is 5.68. The number of nitrogens with zero attached hydrogens (tertiary/aromatic N) is 1. The molecule has 0 aliphatic heterocycles. The van der Waals surface area contributed by atoms with E-state index in [1.54, 1.807) is 6.07 Å². The quantitative estimate of drug-likeness (QED) is 0.513. The van der Waals surface area contributed by atoms with E-state index >= 15 is 0 Å². The van der Waals surface area contributed by atoms with Crippen LogP contribution in [0.4, 0.5) is 11.4 Å². The lowest BCUT2D eigenvalue weighted by Gasteiger charge is -2.21. The largest absolute Gasteiger partial charge is 0.422 e. The van der Waals surface area contributed by atoms with E-state index in [0.29, 0.717) is 23.3 Å². The number of hydrogen-bond acceptors (Lipinski definition) is 5. The summed E-state index contributed by atoms with van der Waals surface area (Å²) in [5.74, 6) is 0. The van der Waals surface area contributed by atoms with Crippen molar-refractivity contribution in [3.8, 4) is 11.1 Å². The van der Waals surface area contributed by atoms with Crippen molar-refractivity contribution in [3.63, 3.8) is 0 Å². The number of aliphatic hydroxyl groups is 1. The van der Waals surface area contributed by atoms with Crippen molar-refractivity contribution in [1.82, 2.24) is 0 Å². The fourth-order valence-corrected chi connectivity index (χ4v) is 3.56. The number of aryl methyl sites for hydroxylation is 1. The van der Waals surface area contributed by atoms with Crippen LogP contribution in [0.15, 0.2) is 45.6 Å². The number of aliphatic hydroxyl groups excluding tert-OH is 1. The summed E-state index contributed by atoms with van der Waals surface area (Å²) in [7, 11) is 0. The minimum atomic E-state index is -0.364. The molecule has 0 radical (unpaired) electrons. The van der Waals surface area contributed by atoms with Crippen molar-refractivity contribution in [1.29, 1.82) is 0 Å². The first-order valence-corrected chi connectivity index (χ1v) is 9.32. The lowest BCUT2D eigenvalue weighted by atomic mass is 9.96. The van der Waals surface area contributed by atoms with Crippen molar-refractivity contribution < 1.29 is 9.52 Å². The van der Waals surface area contributed by atoms with E-state index in [1.807, 2.05) is 31.2 Å². The van der Waals surface area contributed by atoms with Crippen LogP contribution in [0.2, 0.25) is 0 Å². The van der Waals surface area contributed by atoms with Gasteiger partial charge in [0, 0.05) is 42.5 Å². The second-order valence-corrected chi connectivity index (χ2v) is 6.63. The fourth-order valence-electron chi connectivity index (χ4n) is 3.56. The molecule has 142 valence electrons. The van der Waals surface area contributed by atoms with Crippen LogP contribution < -0.4 is 16.3 Å². The van der Waals surface area contributed by atoms with Crippen molar-refractivity contribution in [2.24, 2.45) is 0 Å². The third kappa shape index (κ3) is 3.55. The molecule has 0 spiro atoms. The topological polar surface area (TPSA) is 79.7 Å². The van der Waals surface area contributed by atoms with Gasteiger partial charge in [0.1, 0.15) is 5.58 Å². The molecule has 5 heteroatoms. The Morgan fingerprint density at radius 1 is 1.11 bits per heavy atom. The zero-order valence-corrected chi connectivity index (χ0v) is 16.1. The Kier molecular flexibility index (Phi) is 5.51. The minimum Gasteiger partial charge on any atom is -0.422 e. The van der Waals surface area contributed by atoms with Crippen LogP contribution in [-0.2, 0) is 6.42 Å². The van der Waals surface area contributed by atoms with Gasteiger partial charge in [-0.1, -0.05) is 6.07 Å². The lowest BCUT2D eigenvalue weighted by Crippen LogP contribution is -2.21. The van der Waals surface area contributed by atoms with Crippen LogP contribution >= 0.6 is 0 Å². The zero-order chi connectivity index (χ0) is 19.6. The van der Waals surface area contributed by atoms with Gasteiger partial charge in [0.15, 0.2) is 0 Å². The Balaban J connectivity index is 2.17. The summed E-state index contributed by atoms with van der Waals surface area (Å²) in [6.07, 6.45) is 0.449. The third-order valence-electron chi connectivity index (χ3n) is 5.09. The van der Waals surface area contributed by atoms with E-state index in [2.05, 4.69) is 24.8 Å². The molecular formula is C22H26N2O3. The number of rotatable bonds is 6. The average Bonchev–Trinajstić information content (AvgIpc) is 2.65. The predicted octanol–water partition coefficient (Wildman–Crippen LogP) is 3.73. The molecule has 0 bridgehead atoms. The molecule has 1 heterocycles. The molecule has 0 atom stereocenters. The lowest BCUT2D eigenvalue weighted by molar-refractivity contribution is 0.300. The molecule has 0 unspecified atom stereocenters. The van der Waals surface area contributed by atoms with Gasteiger partial charge in [-0.05, 0) is 68.1 Å². The molecule has 0 amide bonds. The Morgan fingerprint density at radius 3 is 2.52 bits per heavy atom. The first kappa shape index (κ1) is 19.0. The van der Waals surface area contributed by atoms with Gasteiger partial charge in [0.05, 0.1) is 5.56 Å². The second kappa shape index (κ2) is 7.84.